The second-order valence-corrected chi connectivity index (χ2v) is 6.60. The zero-order valence-corrected chi connectivity index (χ0v) is 13.0. The van der Waals surface area contributed by atoms with Gasteiger partial charge in [0.05, 0.1) is 5.39 Å². The van der Waals surface area contributed by atoms with Gasteiger partial charge in [0.2, 0.25) is 5.88 Å². The Balaban J connectivity index is 1.85. The second-order valence-electron chi connectivity index (χ2n) is 5.52. The van der Waals surface area contributed by atoms with E-state index in [2.05, 4.69) is 29.9 Å². The van der Waals surface area contributed by atoms with Crippen LogP contribution < -0.4 is 4.74 Å². The van der Waals surface area contributed by atoms with Gasteiger partial charge in [-0.05, 0) is 55.9 Å². The van der Waals surface area contributed by atoms with Crippen LogP contribution in [0.15, 0.2) is 24.5 Å². The topological polar surface area (TPSA) is 35.0 Å². The van der Waals surface area contributed by atoms with Crippen LogP contribution in [-0.4, -0.2) is 9.97 Å². The number of hydrogen-bond donors (Lipinski definition) is 0. The summed E-state index contributed by atoms with van der Waals surface area (Å²) in [6.45, 7) is 4.18. The van der Waals surface area contributed by atoms with Crippen molar-refractivity contribution in [3.63, 3.8) is 0 Å². The van der Waals surface area contributed by atoms with Crippen LogP contribution in [0.3, 0.4) is 0 Å². The molecule has 0 unspecified atom stereocenters. The maximum atomic E-state index is 6.14. The third kappa shape index (κ3) is 2.02. The van der Waals surface area contributed by atoms with Crippen molar-refractivity contribution in [2.24, 2.45) is 0 Å². The number of aromatic nitrogens is 2. The fourth-order valence-corrected chi connectivity index (χ4v) is 4.14. The molecule has 0 amide bonds. The van der Waals surface area contributed by atoms with E-state index >= 15 is 0 Å². The highest BCUT2D eigenvalue weighted by Gasteiger charge is 2.22. The van der Waals surface area contributed by atoms with E-state index in [1.165, 1.54) is 28.8 Å². The Morgan fingerprint density at radius 2 is 2.05 bits per heavy atom. The molecule has 21 heavy (non-hydrogen) atoms. The minimum Gasteiger partial charge on any atom is -0.438 e. The van der Waals surface area contributed by atoms with E-state index in [0.717, 1.165) is 28.0 Å². The monoisotopic (exact) mass is 296 g/mol. The standard InChI is InChI=1S/C17H16N2OS/c1-10-5-3-7-13(11(10)2)20-16-15-12-6-4-8-14(12)21-17(15)19-9-18-16/h3,5,7,9H,4,6,8H2,1-2H3. The van der Waals surface area contributed by atoms with Gasteiger partial charge in [-0.2, -0.15) is 0 Å². The first-order valence-corrected chi connectivity index (χ1v) is 8.05. The maximum Gasteiger partial charge on any atom is 0.231 e. The summed E-state index contributed by atoms with van der Waals surface area (Å²) in [6.07, 6.45) is 5.12. The first-order chi connectivity index (χ1) is 10.2. The molecule has 2 aromatic heterocycles. The summed E-state index contributed by atoms with van der Waals surface area (Å²) >= 11 is 1.79. The first kappa shape index (κ1) is 12.8. The molecule has 1 aliphatic rings. The molecule has 0 aliphatic heterocycles. The highest BCUT2D eigenvalue weighted by Crippen LogP contribution is 2.41. The predicted octanol–water partition coefficient (Wildman–Crippen LogP) is 4.59. The molecule has 0 bridgehead atoms. The van der Waals surface area contributed by atoms with Gasteiger partial charge in [0, 0.05) is 4.88 Å². The molecule has 0 atom stereocenters. The van der Waals surface area contributed by atoms with E-state index in [4.69, 9.17) is 4.74 Å². The van der Waals surface area contributed by atoms with Crippen LogP contribution in [0.25, 0.3) is 10.2 Å². The summed E-state index contributed by atoms with van der Waals surface area (Å²) in [5, 5.41) is 1.12. The van der Waals surface area contributed by atoms with Crippen molar-refractivity contribution < 1.29 is 4.74 Å². The van der Waals surface area contributed by atoms with Gasteiger partial charge in [0.25, 0.3) is 0 Å². The summed E-state index contributed by atoms with van der Waals surface area (Å²) in [5.74, 6) is 1.58. The van der Waals surface area contributed by atoms with Crippen molar-refractivity contribution in [3.05, 3.63) is 46.1 Å². The van der Waals surface area contributed by atoms with Crippen molar-refractivity contribution in [2.75, 3.05) is 0 Å². The molecule has 0 saturated heterocycles. The molecule has 0 radical (unpaired) electrons. The molecule has 0 N–H and O–H groups in total. The van der Waals surface area contributed by atoms with Gasteiger partial charge >= 0.3 is 0 Å². The van der Waals surface area contributed by atoms with Crippen molar-refractivity contribution in [1.29, 1.82) is 0 Å². The molecule has 1 aromatic carbocycles. The minimum atomic E-state index is 0.702. The van der Waals surface area contributed by atoms with Gasteiger partial charge in [-0.15, -0.1) is 11.3 Å². The lowest BCUT2D eigenvalue weighted by atomic mass is 10.1. The average Bonchev–Trinajstić information content (AvgIpc) is 3.04. The van der Waals surface area contributed by atoms with Crippen LogP contribution in [-0.2, 0) is 12.8 Å². The van der Waals surface area contributed by atoms with Crippen molar-refractivity contribution in [2.45, 2.75) is 33.1 Å². The maximum absolute atomic E-state index is 6.14. The quantitative estimate of drug-likeness (QED) is 0.694. The molecule has 1 aliphatic carbocycles. The molecular formula is C17H16N2OS. The Morgan fingerprint density at radius 3 is 2.95 bits per heavy atom. The highest BCUT2D eigenvalue weighted by atomic mass is 32.1. The number of hydrogen-bond acceptors (Lipinski definition) is 4. The predicted molar refractivity (Wildman–Crippen MR) is 85.4 cm³/mol. The van der Waals surface area contributed by atoms with Crippen LogP contribution >= 0.6 is 11.3 Å². The molecule has 3 nitrogen and oxygen atoms in total. The summed E-state index contributed by atoms with van der Waals surface area (Å²) in [7, 11) is 0. The Labute approximate surface area is 127 Å². The van der Waals surface area contributed by atoms with Crippen molar-refractivity contribution in [1.82, 2.24) is 9.97 Å². The lowest BCUT2D eigenvalue weighted by Crippen LogP contribution is -1.94. The molecule has 3 aromatic rings. The summed E-state index contributed by atoms with van der Waals surface area (Å²) < 4.78 is 6.14. The van der Waals surface area contributed by atoms with Gasteiger partial charge < -0.3 is 4.74 Å². The molecule has 0 fully saturated rings. The smallest absolute Gasteiger partial charge is 0.231 e. The van der Waals surface area contributed by atoms with Gasteiger partial charge in [-0.25, -0.2) is 9.97 Å². The number of aryl methyl sites for hydroxylation is 3. The molecule has 4 heteroatoms. The minimum absolute atomic E-state index is 0.702. The third-order valence-corrected chi connectivity index (χ3v) is 5.43. The van der Waals surface area contributed by atoms with E-state index in [1.807, 2.05) is 12.1 Å². The lowest BCUT2D eigenvalue weighted by molar-refractivity contribution is 0.464. The van der Waals surface area contributed by atoms with Crippen LogP contribution in [0.5, 0.6) is 11.6 Å². The van der Waals surface area contributed by atoms with Gasteiger partial charge in [0.1, 0.15) is 16.9 Å². The fourth-order valence-electron chi connectivity index (χ4n) is 2.92. The zero-order chi connectivity index (χ0) is 14.4. The molecule has 0 spiro atoms. The summed E-state index contributed by atoms with van der Waals surface area (Å²) in [6, 6.07) is 6.12. The molecular weight excluding hydrogens is 280 g/mol. The number of thiophene rings is 1. The normalized spacial score (nSPS) is 13.6. The summed E-state index contributed by atoms with van der Waals surface area (Å²) in [4.78, 5) is 11.3. The molecule has 4 rings (SSSR count). The van der Waals surface area contributed by atoms with Gasteiger partial charge in [0.15, 0.2) is 0 Å². The van der Waals surface area contributed by atoms with Crippen LogP contribution in [0.4, 0.5) is 0 Å². The van der Waals surface area contributed by atoms with Gasteiger partial charge in [-0.1, -0.05) is 12.1 Å². The molecule has 2 heterocycles. The number of nitrogens with zero attached hydrogens (tertiary/aromatic N) is 2. The molecule has 0 saturated carbocycles. The average molecular weight is 296 g/mol. The number of fused-ring (bicyclic) bond motifs is 3. The second kappa shape index (κ2) is 4.81. The largest absolute Gasteiger partial charge is 0.438 e. The van der Waals surface area contributed by atoms with Gasteiger partial charge in [-0.3, -0.25) is 0 Å². The first-order valence-electron chi connectivity index (χ1n) is 7.23. The summed E-state index contributed by atoms with van der Waals surface area (Å²) in [5.41, 5.74) is 3.79. The van der Waals surface area contributed by atoms with Crippen molar-refractivity contribution >= 4 is 21.6 Å². The molecule has 106 valence electrons. The highest BCUT2D eigenvalue weighted by molar-refractivity contribution is 7.18. The Morgan fingerprint density at radius 1 is 1.14 bits per heavy atom. The van der Waals surface area contributed by atoms with E-state index in [-0.39, 0.29) is 0 Å². The number of benzene rings is 1. The Hall–Kier alpha value is -1.94. The number of ether oxygens (including phenoxy) is 1. The SMILES string of the molecule is Cc1cccc(Oc2ncnc3sc4c(c23)CCC4)c1C. The number of rotatable bonds is 2. The van der Waals surface area contributed by atoms with Crippen LogP contribution in [0, 0.1) is 13.8 Å². The van der Waals surface area contributed by atoms with E-state index in [9.17, 15) is 0 Å². The van der Waals surface area contributed by atoms with E-state index in [0.29, 0.717) is 5.88 Å². The van der Waals surface area contributed by atoms with E-state index < -0.39 is 0 Å². The van der Waals surface area contributed by atoms with Crippen LogP contribution in [0.2, 0.25) is 0 Å². The Bertz CT molecular complexity index is 838. The third-order valence-electron chi connectivity index (χ3n) is 4.23. The fraction of sp³-hybridized carbons (Fsp3) is 0.294. The zero-order valence-electron chi connectivity index (χ0n) is 12.1. The van der Waals surface area contributed by atoms with E-state index in [1.54, 1.807) is 17.7 Å². The van der Waals surface area contributed by atoms with Crippen molar-refractivity contribution in [3.8, 4) is 11.6 Å². The van der Waals surface area contributed by atoms with Crippen LogP contribution in [0.1, 0.15) is 28.0 Å². The Kier molecular flexibility index (Phi) is 2.93. The lowest BCUT2D eigenvalue weighted by Gasteiger charge is -2.10.